The third-order valence-electron chi connectivity index (χ3n) is 2.94. The van der Waals surface area contributed by atoms with E-state index < -0.39 is 11.8 Å². The number of carbonyl (C=O) groups excluding carboxylic acids is 2. The molecule has 0 atom stereocenters. The van der Waals surface area contributed by atoms with Crippen molar-refractivity contribution in [3.05, 3.63) is 33.8 Å². The van der Waals surface area contributed by atoms with Gasteiger partial charge in [-0.2, -0.15) is 5.10 Å². The Morgan fingerprint density at radius 2 is 1.95 bits per heavy atom. The molecule has 0 radical (unpaired) electrons. The third kappa shape index (κ3) is 3.49. The van der Waals surface area contributed by atoms with Crippen LogP contribution in [0.5, 0.6) is 0 Å². The summed E-state index contributed by atoms with van der Waals surface area (Å²) < 4.78 is 0. The number of likely N-dealkylation sites (tertiary alicyclic amines) is 1. The molecule has 2 amide bonds. The standard InChI is InChI=1S/C13H13Cl2N3O2/c14-10-5-3-4-9(11(10)15)8-16-17-12(19)13(20)18-6-1-2-7-18/h3-5,8H,1-2,6-7H2,(H,17,19). The first-order chi connectivity index (χ1) is 9.59. The Bertz CT molecular complexity index is 555. The van der Waals surface area contributed by atoms with E-state index in [1.165, 1.54) is 11.1 Å². The fourth-order valence-electron chi connectivity index (χ4n) is 1.89. The van der Waals surface area contributed by atoms with E-state index in [1.54, 1.807) is 18.2 Å². The predicted octanol–water partition coefficient (Wildman–Crippen LogP) is 2.07. The van der Waals surface area contributed by atoms with E-state index in [2.05, 4.69) is 10.5 Å². The van der Waals surface area contributed by atoms with Crippen molar-refractivity contribution < 1.29 is 9.59 Å². The van der Waals surface area contributed by atoms with Gasteiger partial charge in [0, 0.05) is 18.7 Å². The molecule has 0 aromatic heterocycles. The van der Waals surface area contributed by atoms with Gasteiger partial charge in [-0.1, -0.05) is 35.3 Å². The van der Waals surface area contributed by atoms with Gasteiger partial charge in [-0.3, -0.25) is 9.59 Å². The van der Waals surface area contributed by atoms with E-state index in [9.17, 15) is 9.59 Å². The highest BCUT2D eigenvalue weighted by molar-refractivity contribution is 6.43. The summed E-state index contributed by atoms with van der Waals surface area (Å²) in [6, 6.07) is 5.07. The number of halogens is 2. The van der Waals surface area contributed by atoms with Crippen LogP contribution in [-0.2, 0) is 9.59 Å². The Kier molecular flexibility index (Phi) is 4.98. The van der Waals surface area contributed by atoms with E-state index >= 15 is 0 Å². The largest absolute Gasteiger partial charge is 0.334 e. The van der Waals surface area contributed by atoms with Gasteiger partial charge < -0.3 is 4.90 Å². The van der Waals surface area contributed by atoms with E-state index in [-0.39, 0.29) is 0 Å². The zero-order valence-corrected chi connectivity index (χ0v) is 12.1. The Morgan fingerprint density at radius 1 is 1.25 bits per heavy atom. The fraction of sp³-hybridized carbons (Fsp3) is 0.308. The van der Waals surface area contributed by atoms with Crippen molar-refractivity contribution in [3.63, 3.8) is 0 Å². The third-order valence-corrected chi connectivity index (χ3v) is 3.77. The zero-order valence-electron chi connectivity index (χ0n) is 10.6. The maximum atomic E-state index is 11.7. The second-order valence-corrected chi connectivity index (χ2v) is 5.13. The normalized spacial score (nSPS) is 14.8. The van der Waals surface area contributed by atoms with Gasteiger partial charge in [0.1, 0.15) is 0 Å². The number of nitrogens with one attached hydrogen (secondary N) is 1. The highest BCUT2D eigenvalue weighted by Gasteiger charge is 2.23. The number of carbonyl (C=O) groups is 2. The van der Waals surface area contributed by atoms with Crippen molar-refractivity contribution in [2.75, 3.05) is 13.1 Å². The van der Waals surface area contributed by atoms with Crippen LogP contribution in [0.15, 0.2) is 23.3 Å². The van der Waals surface area contributed by atoms with Crippen LogP contribution in [0.2, 0.25) is 10.0 Å². The summed E-state index contributed by atoms with van der Waals surface area (Å²) in [6.07, 6.45) is 3.21. The predicted molar refractivity (Wildman–Crippen MR) is 78.0 cm³/mol. The molecule has 1 saturated heterocycles. The second-order valence-electron chi connectivity index (χ2n) is 4.34. The average molecular weight is 314 g/mol. The SMILES string of the molecule is O=C(NN=Cc1cccc(Cl)c1Cl)C(=O)N1CCCC1. The zero-order chi connectivity index (χ0) is 14.5. The molecule has 1 N–H and O–H groups in total. The Balaban J connectivity index is 1.94. The Hall–Kier alpha value is -1.59. The number of amides is 2. The number of hydrogen-bond donors (Lipinski definition) is 1. The van der Waals surface area contributed by atoms with Crippen molar-refractivity contribution >= 4 is 41.2 Å². The van der Waals surface area contributed by atoms with E-state index in [1.807, 2.05) is 0 Å². The van der Waals surface area contributed by atoms with Crippen molar-refractivity contribution in [2.24, 2.45) is 5.10 Å². The topological polar surface area (TPSA) is 61.8 Å². The number of nitrogens with zero attached hydrogens (tertiary/aromatic N) is 2. The fourth-order valence-corrected chi connectivity index (χ4v) is 2.25. The lowest BCUT2D eigenvalue weighted by Crippen LogP contribution is -2.39. The minimum Gasteiger partial charge on any atom is -0.334 e. The summed E-state index contributed by atoms with van der Waals surface area (Å²) in [5.74, 6) is -1.31. The first kappa shape index (κ1) is 14.8. The van der Waals surface area contributed by atoms with Gasteiger partial charge in [0.05, 0.1) is 16.3 Å². The number of hydrazone groups is 1. The molecular weight excluding hydrogens is 301 g/mol. The molecule has 0 saturated carbocycles. The van der Waals surface area contributed by atoms with Crippen LogP contribution >= 0.6 is 23.2 Å². The van der Waals surface area contributed by atoms with Gasteiger partial charge in [-0.15, -0.1) is 0 Å². The van der Waals surface area contributed by atoms with Gasteiger partial charge in [0.25, 0.3) is 0 Å². The van der Waals surface area contributed by atoms with Crippen LogP contribution in [0.4, 0.5) is 0 Å². The van der Waals surface area contributed by atoms with Crippen LogP contribution in [0.25, 0.3) is 0 Å². The lowest BCUT2D eigenvalue weighted by atomic mass is 10.2. The van der Waals surface area contributed by atoms with Crippen molar-refractivity contribution in [1.29, 1.82) is 0 Å². The maximum absolute atomic E-state index is 11.7. The molecule has 2 rings (SSSR count). The summed E-state index contributed by atoms with van der Waals surface area (Å²) in [5, 5.41) is 4.46. The first-order valence-corrected chi connectivity index (χ1v) is 6.91. The van der Waals surface area contributed by atoms with Crippen LogP contribution in [0.3, 0.4) is 0 Å². The lowest BCUT2D eigenvalue weighted by molar-refractivity contribution is -0.145. The summed E-state index contributed by atoms with van der Waals surface area (Å²) in [6.45, 7) is 1.24. The summed E-state index contributed by atoms with van der Waals surface area (Å²) in [7, 11) is 0. The number of benzene rings is 1. The van der Waals surface area contributed by atoms with Gasteiger partial charge in [-0.25, -0.2) is 5.43 Å². The van der Waals surface area contributed by atoms with Gasteiger partial charge >= 0.3 is 11.8 Å². The van der Waals surface area contributed by atoms with E-state index in [0.29, 0.717) is 28.7 Å². The van der Waals surface area contributed by atoms with Gasteiger partial charge in [-0.05, 0) is 18.9 Å². The molecule has 1 heterocycles. The van der Waals surface area contributed by atoms with Crippen LogP contribution < -0.4 is 5.43 Å². The van der Waals surface area contributed by atoms with E-state index in [4.69, 9.17) is 23.2 Å². The molecule has 7 heteroatoms. The minimum absolute atomic E-state index is 0.345. The molecule has 1 aliphatic rings. The molecule has 0 bridgehead atoms. The second kappa shape index (κ2) is 6.72. The Labute approximate surface area is 126 Å². The average Bonchev–Trinajstić information content (AvgIpc) is 2.96. The highest BCUT2D eigenvalue weighted by atomic mass is 35.5. The molecule has 1 fully saturated rings. The van der Waals surface area contributed by atoms with E-state index in [0.717, 1.165) is 12.8 Å². The van der Waals surface area contributed by atoms with Crippen LogP contribution in [0, 0.1) is 0 Å². The number of hydrogen-bond acceptors (Lipinski definition) is 3. The van der Waals surface area contributed by atoms with Gasteiger partial charge in [0.15, 0.2) is 0 Å². The molecule has 5 nitrogen and oxygen atoms in total. The van der Waals surface area contributed by atoms with Crippen molar-refractivity contribution in [1.82, 2.24) is 10.3 Å². The smallest absolute Gasteiger partial charge is 0.329 e. The van der Waals surface area contributed by atoms with Crippen molar-refractivity contribution in [2.45, 2.75) is 12.8 Å². The molecular formula is C13H13Cl2N3O2. The summed E-state index contributed by atoms with van der Waals surface area (Å²) in [5.41, 5.74) is 2.76. The first-order valence-electron chi connectivity index (χ1n) is 6.16. The van der Waals surface area contributed by atoms with Crippen LogP contribution in [-0.4, -0.2) is 36.0 Å². The molecule has 0 aliphatic carbocycles. The lowest BCUT2D eigenvalue weighted by Gasteiger charge is -2.12. The quantitative estimate of drug-likeness (QED) is 0.516. The number of rotatable bonds is 2. The molecule has 106 valence electrons. The highest BCUT2D eigenvalue weighted by Crippen LogP contribution is 2.24. The van der Waals surface area contributed by atoms with Crippen molar-refractivity contribution in [3.8, 4) is 0 Å². The molecule has 1 aromatic carbocycles. The molecule has 0 unspecified atom stereocenters. The minimum atomic E-state index is -0.749. The maximum Gasteiger partial charge on any atom is 0.329 e. The summed E-state index contributed by atoms with van der Waals surface area (Å²) in [4.78, 5) is 24.8. The molecule has 1 aliphatic heterocycles. The van der Waals surface area contributed by atoms with Gasteiger partial charge in [0.2, 0.25) is 0 Å². The molecule has 0 spiro atoms. The monoisotopic (exact) mass is 313 g/mol. The van der Waals surface area contributed by atoms with Crippen LogP contribution in [0.1, 0.15) is 18.4 Å². The Morgan fingerprint density at radius 3 is 2.65 bits per heavy atom. The summed E-state index contributed by atoms with van der Waals surface area (Å²) >= 11 is 11.8. The molecule has 20 heavy (non-hydrogen) atoms. The molecule has 1 aromatic rings.